The number of non-ortho nitro benzene ring substituents is 1. The lowest BCUT2D eigenvalue weighted by Crippen LogP contribution is -2.55. The van der Waals surface area contributed by atoms with Crippen LogP contribution >= 0.6 is 0 Å². The third-order valence-corrected chi connectivity index (χ3v) is 7.62. The van der Waals surface area contributed by atoms with Crippen LogP contribution in [0.3, 0.4) is 0 Å². The highest BCUT2D eigenvalue weighted by Crippen LogP contribution is 2.65. The largest absolute Gasteiger partial charge is 0.292 e. The highest BCUT2D eigenvalue weighted by atomic mass is 16.6. The van der Waals surface area contributed by atoms with Crippen LogP contribution in [0.4, 0.5) is 5.69 Å². The van der Waals surface area contributed by atoms with Gasteiger partial charge in [-0.15, -0.1) is 0 Å². The smallest absolute Gasteiger partial charge is 0.269 e. The second kappa shape index (κ2) is 6.79. The number of hydrogen-bond donors (Lipinski definition) is 0. The van der Waals surface area contributed by atoms with E-state index in [1.165, 1.54) is 44.1 Å². The highest BCUT2D eigenvalue weighted by molar-refractivity contribution is 5.79. The molecule has 4 saturated carbocycles. The Kier molecular flexibility index (Phi) is 4.34. The molecule has 0 heterocycles. The number of aryl methyl sites for hydroxylation is 1. The average molecular weight is 389 g/mol. The second-order valence-electron chi connectivity index (χ2n) is 9.93. The first-order valence-corrected chi connectivity index (χ1v) is 10.8. The molecular formula is C25H28N2O2. The minimum atomic E-state index is -0.360. The standard InChI is InChI=1S/C25H28N2O2/c1-18-2-6-22(7-3-18)25-13-20-10-21(14-25)12-24(11-20,16-25)17-26-15-19-4-8-23(9-5-19)27(28)29/h2-9,15,20-21H,10-14,16-17H2,1H3/t20-,21+,24?,25?. The summed E-state index contributed by atoms with van der Waals surface area (Å²) in [5, 5.41) is 10.8. The fourth-order valence-corrected chi connectivity index (χ4v) is 6.91. The number of nitro benzene ring substituents is 1. The molecule has 0 amide bonds. The predicted octanol–water partition coefficient (Wildman–Crippen LogP) is 5.86. The Bertz CT molecular complexity index is 932. The van der Waals surface area contributed by atoms with Crippen molar-refractivity contribution in [2.75, 3.05) is 6.54 Å². The van der Waals surface area contributed by atoms with E-state index in [-0.39, 0.29) is 10.6 Å². The van der Waals surface area contributed by atoms with E-state index in [2.05, 4.69) is 31.2 Å². The molecule has 2 unspecified atom stereocenters. The van der Waals surface area contributed by atoms with Gasteiger partial charge in [-0.2, -0.15) is 0 Å². The number of hydrogen-bond acceptors (Lipinski definition) is 3. The fourth-order valence-electron chi connectivity index (χ4n) is 6.91. The van der Waals surface area contributed by atoms with Gasteiger partial charge < -0.3 is 0 Å². The Morgan fingerprint density at radius 3 is 2.31 bits per heavy atom. The summed E-state index contributed by atoms with van der Waals surface area (Å²) < 4.78 is 0. The molecule has 0 aliphatic heterocycles. The van der Waals surface area contributed by atoms with Crippen LogP contribution in [0.2, 0.25) is 0 Å². The third kappa shape index (κ3) is 3.39. The molecule has 2 aromatic rings. The van der Waals surface area contributed by atoms with Gasteiger partial charge in [0.1, 0.15) is 0 Å². The normalized spacial score (nSPS) is 32.7. The summed E-state index contributed by atoms with van der Waals surface area (Å²) in [7, 11) is 0. The van der Waals surface area contributed by atoms with Crippen LogP contribution in [-0.2, 0) is 5.41 Å². The van der Waals surface area contributed by atoms with E-state index in [4.69, 9.17) is 4.99 Å². The van der Waals surface area contributed by atoms with Crippen LogP contribution in [0.5, 0.6) is 0 Å². The minimum Gasteiger partial charge on any atom is -0.292 e. The van der Waals surface area contributed by atoms with Gasteiger partial charge in [0, 0.05) is 24.9 Å². The lowest BCUT2D eigenvalue weighted by molar-refractivity contribution is -0.384. The maximum atomic E-state index is 10.8. The zero-order chi connectivity index (χ0) is 20.1. The van der Waals surface area contributed by atoms with Gasteiger partial charge in [0.15, 0.2) is 0 Å². The molecule has 0 radical (unpaired) electrons. The molecule has 2 aromatic carbocycles. The molecule has 4 heteroatoms. The van der Waals surface area contributed by atoms with Crippen LogP contribution < -0.4 is 0 Å². The molecule has 4 fully saturated rings. The Morgan fingerprint density at radius 1 is 1.03 bits per heavy atom. The van der Waals surface area contributed by atoms with E-state index in [0.29, 0.717) is 10.8 Å². The zero-order valence-corrected chi connectivity index (χ0v) is 17.0. The van der Waals surface area contributed by atoms with Crippen LogP contribution in [0, 0.1) is 34.3 Å². The summed E-state index contributed by atoms with van der Waals surface area (Å²) in [5.74, 6) is 1.68. The van der Waals surface area contributed by atoms with Gasteiger partial charge in [-0.1, -0.05) is 29.8 Å². The quantitative estimate of drug-likeness (QED) is 0.366. The fraction of sp³-hybridized carbons (Fsp3) is 0.480. The molecule has 0 saturated heterocycles. The van der Waals surface area contributed by atoms with E-state index in [0.717, 1.165) is 23.9 Å². The summed E-state index contributed by atoms with van der Waals surface area (Å²) in [4.78, 5) is 15.3. The van der Waals surface area contributed by atoms with Crippen molar-refractivity contribution < 1.29 is 4.92 Å². The average Bonchev–Trinajstić information content (AvgIpc) is 2.67. The van der Waals surface area contributed by atoms with E-state index in [1.54, 1.807) is 29.8 Å². The first-order chi connectivity index (χ1) is 14.0. The molecule has 0 spiro atoms. The SMILES string of the molecule is Cc1ccc(C23C[C@@H]4C[C@@H](CC(CN=Cc5ccc([N+](=O)[O-])cc5)(C4)C2)C3)cc1. The van der Waals surface area contributed by atoms with Crippen molar-refractivity contribution in [3.8, 4) is 0 Å². The topological polar surface area (TPSA) is 55.5 Å². The van der Waals surface area contributed by atoms with Gasteiger partial charge in [0.05, 0.1) is 4.92 Å². The van der Waals surface area contributed by atoms with E-state index in [1.807, 2.05) is 6.21 Å². The second-order valence-corrected chi connectivity index (χ2v) is 9.93. The number of rotatable bonds is 5. The Labute approximate surface area is 172 Å². The molecule has 4 aliphatic rings. The monoisotopic (exact) mass is 388 g/mol. The molecule has 4 atom stereocenters. The van der Waals surface area contributed by atoms with Gasteiger partial charge in [-0.25, -0.2) is 0 Å². The van der Waals surface area contributed by atoms with Crippen molar-refractivity contribution >= 4 is 11.9 Å². The Morgan fingerprint density at radius 2 is 1.69 bits per heavy atom. The Balaban J connectivity index is 1.36. The van der Waals surface area contributed by atoms with Crippen molar-refractivity contribution in [1.29, 1.82) is 0 Å². The number of aliphatic imine (C=N–C) groups is 1. The van der Waals surface area contributed by atoms with Crippen molar-refractivity contribution in [3.05, 3.63) is 75.3 Å². The van der Waals surface area contributed by atoms with Crippen molar-refractivity contribution in [2.45, 2.75) is 50.9 Å². The van der Waals surface area contributed by atoms with Crippen molar-refractivity contribution in [2.24, 2.45) is 22.2 Å². The predicted molar refractivity (Wildman–Crippen MR) is 116 cm³/mol. The Hall–Kier alpha value is -2.49. The maximum absolute atomic E-state index is 10.8. The van der Waals surface area contributed by atoms with E-state index < -0.39 is 0 Å². The van der Waals surface area contributed by atoms with E-state index in [9.17, 15) is 10.1 Å². The molecule has 150 valence electrons. The number of nitro groups is 1. The first kappa shape index (κ1) is 18.5. The van der Waals surface area contributed by atoms with Gasteiger partial charge in [0.25, 0.3) is 5.69 Å². The molecule has 0 N–H and O–H groups in total. The van der Waals surface area contributed by atoms with Crippen LogP contribution in [0.25, 0.3) is 0 Å². The van der Waals surface area contributed by atoms with Gasteiger partial charge >= 0.3 is 0 Å². The maximum Gasteiger partial charge on any atom is 0.269 e. The summed E-state index contributed by atoms with van der Waals surface area (Å²) in [6.07, 6.45) is 9.89. The van der Waals surface area contributed by atoms with E-state index >= 15 is 0 Å². The van der Waals surface area contributed by atoms with Crippen LogP contribution in [0.15, 0.2) is 53.5 Å². The summed E-state index contributed by atoms with van der Waals surface area (Å²) in [6, 6.07) is 16.0. The van der Waals surface area contributed by atoms with Gasteiger partial charge in [-0.3, -0.25) is 15.1 Å². The van der Waals surface area contributed by atoms with Gasteiger partial charge in [-0.05, 0) is 91.4 Å². The number of benzene rings is 2. The summed E-state index contributed by atoms with van der Waals surface area (Å²) in [6.45, 7) is 3.04. The molecule has 29 heavy (non-hydrogen) atoms. The zero-order valence-electron chi connectivity index (χ0n) is 17.0. The molecule has 0 aromatic heterocycles. The summed E-state index contributed by atoms with van der Waals surface area (Å²) in [5.41, 5.74) is 4.62. The lowest BCUT2D eigenvalue weighted by atomic mass is 9.43. The molecule has 4 nitrogen and oxygen atoms in total. The molecular weight excluding hydrogens is 360 g/mol. The van der Waals surface area contributed by atoms with Crippen LogP contribution in [-0.4, -0.2) is 17.7 Å². The first-order valence-electron chi connectivity index (χ1n) is 10.8. The van der Waals surface area contributed by atoms with Gasteiger partial charge in [0.2, 0.25) is 0 Å². The molecule has 6 rings (SSSR count). The molecule has 4 bridgehead atoms. The number of nitrogens with zero attached hydrogens (tertiary/aromatic N) is 2. The summed E-state index contributed by atoms with van der Waals surface area (Å²) >= 11 is 0. The highest BCUT2D eigenvalue weighted by Gasteiger charge is 2.57. The third-order valence-electron chi connectivity index (χ3n) is 7.62. The van der Waals surface area contributed by atoms with Crippen molar-refractivity contribution in [3.63, 3.8) is 0 Å². The van der Waals surface area contributed by atoms with Crippen molar-refractivity contribution in [1.82, 2.24) is 0 Å². The lowest BCUT2D eigenvalue weighted by Gasteiger charge is -2.62. The van der Waals surface area contributed by atoms with Crippen LogP contribution in [0.1, 0.15) is 55.2 Å². The molecule has 4 aliphatic carbocycles. The minimum absolute atomic E-state index is 0.128.